The third-order valence-corrected chi connectivity index (χ3v) is 2.67. The summed E-state index contributed by atoms with van der Waals surface area (Å²) >= 11 is 5.21. The molecule has 0 aromatic heterocycles. The van der Waals surface area contributed by atoms with Gasteiger partial charge in [0.15, 0.2) is 0 Å². The average Bonchev–Trinajstić information content (AvgIpc) is 2.53. The Kier molecular flexibility index (Phi) is 4.68. The zero-order valence-corrected chi connectivity index (χ0v) is 11.4. The van der Waals surface area contributed by atoms with E-state index in [1.54, 1.807) is 48.5 Å². The second-order valence-corrected chi connectivity index (χ2v) is 3.96. The van der Waals surface area contributed by atoms with Crippen LogP contribution in [0.25, 0.3) is 0 Å². The zero-order valence-electron chi connectivity index (χ0n) is 10.6. The molecule has 0 radical (unpaired) electrons. The van der Waals surface area contributed by atoms with E-state index < -0.39 is 0 Å². The molecule has 0 aliphatic heterocycles. The van der Waals surface area contributed by atoms with Gasteiger partial charge >= 0.3 is 5.97 Å². The van der Waals surface area contributed by atoms with Crippen molar-refractivity contribution in [1.82, 2.24) is 0 Å². The summed E-state index contributed by atoms with van der Waals surface area (Å²) in [4.78, 5) is 11.3. The van der Waals surface area contributed by atoms with Crippen LogP contribution < -0.4 is 4.29 Å². The zero-order chi connectivity index (χ0) is 14.4. The highest BCUT2D eigenvalue weighted by Gasteiger charge is 2.03. The Labute approximate surface area is 121 Å². The van der Waals surface area contributed by atoms with Crippen molar-refractivity contribution in [2.45, 2.75) is 0 Å². The van der Waals surface area contributed by atoms with Gasteiger partial charge in [0, 0.05) is 0 Å². The number of carbonyl (C=O) groups excluding carboxylic acids is 1. The van der Waals surface area contributed by atoms with Crippen LogP contribution in [0.4, 0.5) is 11.4 Å². The largest absolute Gasteiger partial charge is 0.465 e. The van der Waals surface area contributed by atoms with Gasteiger partial charge in [-0.25, -0.2) is 4.79 Å². The standard InChI is InChI=1S/C14H11ClN2O3/c1-19-14(18)10-2-4-11(5-3-10)16-17-12-6-8-13(20-15)9-7-12/h2-9H,1H3/b17-16+. The molecule has 0 amide bonds. The van der Waals surface area contributed by atoms with Gasteiger partial charge in [-0.05, 0) is 48.5 Å². The lowest BCUT2D eigenvalue weighted by atomic mass is 10.2. The summed E-state index contributed by atoms with van der Waals surface area (Å²) in [5.74, 6) is 0.151. The van der Waals surface area contributed by atoms with E-state index in [2.05, 4.69) is 19.3 Å². The van der Waals surface area contributed by atoms with Crippen molar-refractivity contribution in [1.29, 1.82) is 0 Å². The predicted octanol–water partition coefficient (Wildman–Crippen LogP) is 4.42. The SMILES string of the molecule is COC(=O)c1ccc(/N=N/c2ccc(OCl)cc2)cc1. The number of ether oxygens (including phenoxy) is 1. The lowest BCUT2D eigenvalue weighted by molar-refractivity contribution is 0.0601. The van der Waals surface area contributed by atoms with Gasteiger partial charge in [0.25, 0.3) is 0 Å². The van der Waals surface area contributed by atoms with E-state index in [1.807, 2.05) is 0 Å². The molecule has 0 fully saturated rings. The predicted molar refractivity (Wildman–Crippen MR) is 74.9 cm³/mol. The quantitative estimate of drug-likeness (QED) is 0.618. The van der Waals surface area contributed by atoms with Crippen LogP contribution >= 0.6 is 11.9 Å². The van der Waals surface area contributed by atoms with Crippen LogP contribution in [0.15, 0.2) is 58.8 Å². The first-order chi connectivity index (χ1) is 9.72. The van der Waals surface area contributed by atoms with Crippen LogP contribution in [0.1, 0.15) is 10.4 Å². The molecule has 20 heavy (non-hydrogen) atoms. The van der Waals surface area contributed by atoms with Crippen molar-refractivity contribution < 1.29 is 13.8 Å². The average molecular weight is 291 g/mol. The second kappa shape index (κ2) is 6.68. The van der Waals surface area contributed by atoms with E-state index in [0.29, 0.717) is 22.7 Å². The lowest BCUT2D eigenvalue weighted by Gasteiger charge is -1.99. The highest BCUT2D eigenvalue weighted by Crippen LogP contribution is 2.22. The normalized spacial score (nSPS) is 10.5. The topological polar surface area (TPSA) is 60.2 Å². The van der Waals surface area contributed by atoms with E-state index in [9.17, 15) is 4.79 Å². The van der Waals surface area contributed by atoms with Gasteiger partial charge in [0.1, 0.15) is 17.6 Å². The first kappa shape index (κ1) is 14.0. The summed E-state index contributed by atoms with van der Waals surface area (Å²) in [5, 5.41) is 8.11. The Morgan fingerprint density at radius 3 is 1.90 bits per heavy atom. The van der Waals surface area contributed by atoms with E-state index in [4.69, 9.17) is 11.9 Å². The fourth-order valence-corrected chi connectivity index (χ4v) is 1.56. The summed E-state index contributed by atoms with van der Waals surface area (Å²) in [5.41, 5.74) is 1.77. The minimum absolute atomic E-state index is 0.384. The van der Waals surface area contributed by atoms with Gasteiger partial charge in [-0.15, -0.1) is 0 Å². The molecule has 0 saturated carbocycles. The summed E-state index contributed by atoms with van der Waals surface area (Å²) in [6.07, 6.45) is 0. The number of benzene rings is 2. The third-order valence-electron chi connectivity index (χ3n) is 2.50. The molecule has 0 unspecified atom stereocenters. The molecule has 0 saturated heterocycles. The minimum atomic E-state index is -0.384. The molecule has 0 spiro atoms. The molecule has 0 aliphatic rings. The molecular weight excluding hydrogens is 280 g/mol. The van der Waals surface area contributed by atoms with Gasteiger partial charge in [0.05, 0.1) is 24.0 Å². The number of hydrogen-bond donors (Lipinski definition) is 0. The smallest absolute Gasteiger partial charge is 0.337 e. The summed E-state index contributed by atoms with van der Waals surface area (Å²) in [6.45, 7) is 0. The van der Waals surface area contributed by atoms with E-state index >= 15 is 0 Å². The Hall–Kier alpha value is -2.40. The maximum atomic E-state index is 11.3. The Bertz CT molecular complexity index is 609. The van der Waals surface area contributed by atoms with E-state index in [-0.39, 0.29) is 5.97 Å². The van der Waals surface area contributed by atoms with Gasteiger partial charge in [-0.1, -0.05) is 0 Å². The maximum Gasteiger partial charge on any atom is 0.337 e. The molecule has 2 aromatic carbocycles. The van der Waals surface area contributed by atoms with E-state index in [0.717, 1.165) is 0 Å². The number of rotatable bonds is 4. The molecule has 0 atom stereocenters. The number of esters is 1. The molecule has 2 rings (SSSR count). The van der Waals surface area contributed by atoms with Crippen molar-refractivity contribution in [2.24, 2.45) is 10.2 Å². The van der Waals surface area contributed by atoms with Crippen LogP contribution in [0.3, 0.4) is 0 Å². The van der Waals surface area contributed by atoms with Crippen LogP contribution in [-0.4, -0.2) is 13.1 Å². The molecule has 102 valence electrons. The fraction of sp³-hybridized carbons (Fsp3) is 0.0714. The summed E-state index contributed by atoms with van der Waals surface area (Å²) in [6, 6.07) is 13.4. The van der Waals surface area contributed by atoms with E-state index in [1.165, 1.54) is 7.11 Å². The molecule has 2 aromatic rings. The van der Waals surface area contributed by atoms with Crippen molar-refractivity contribution in [3.63, 3.8) is 0 Å². The maximum absolute atomic E-state index is 11.3. The molecular formula is C14H11ClN2O3. The van der Waals surface area contributed by atoms with Crippen LogP contribution in [0.5, 0.6) is 5.75 Å². The third kappa shape index (κ3) is 3.55. The highest BCUT2D eigenvalue weighted by molar-refractivity contribution is 6.09. The molecule has 0 bridgehead atoms. The Morgan fingerprint density at radius 2 is 1.45 bits per heavy atom. The number of hydrogen-bond acceptors (Lipinski definition) is 5. The molecule has 0 heterocycles. The lowest BCUT2D eigenvalue weighted by Crippen LogP contribution is -1.99. The van der Waals surface area contributed by atoms with Crippen molar-refractivity contribution in [2.75, 3.05) is 7.11 Å². The molecule has 0 N–H and O–H groups in total. The second-order valence-electron chi connectivity index (χ2n) is 3.81. The number of halogens is 1. The highest BCUT2D eigenvalue weighted by atomic mass is 35.5. The van der Waals surface area contributed by atoms with Crippen LogP contribution in [0, 0.1) is 0 Å². The molecule has 0 aliphatic carbocycles. The van der Waals surface area contributed by atoms with Crippen molar-refractivity contribution in [3.8, 4) is 5.75 Å². The summed E-state index contributed by atoms with van der Waals surface area (Å²) < 4.78 is 9.15. The van der Waals surface area contributed by atoms with Crippen LogP contribution in [-0.2, 0) is 4.74 Å². The van der Waals surface area contributed by atoms with Crippen molar-refractivity contribution >= 4 is 29.2 Å². The number of carbonyl (C=O) groups is 1. The number of methoxy groups -OCH3 is 1. The van der Waals surface area contributed by atoms with Gasteiger partial charge in [-0.2, -0.15) is 10.2 Å². The molecule has 6 heteroatoms. The van der Waals surface area contributed by atoms with Crippen molar-refractivity contribution in [3.05, 3.63) is 54.1 Å². The fourth-order valence-electron chi connectivity index (χ4n) is 1.46. The van der Waals surface area contributed by atoms with Crippen LogP contribution in [0.2, 0.25) is 0 Å². The summed E-state index contributed by atoms with van der Waals surface area (Å²) in [7, 11) is 1.34. The minimum Gasteiger partial charge on any atom is -0.465 e. The number of azo groups is 1. The monoisotopic (exact) mass is 290 g/mol. The molecule has 5 nitrogen and oxygen atoms in total. The first-order valence-corrected chi connectivity index (χ1v) is 6.02. The Balaban J connectivity index is 2.08. The number of nitrogens with zero attached hydrogens (tertiary/aromatic N) is 2. The van der Waals surface area contributed by atoms with Gasteiger partial charge in [-0.3, -0.25) is 0 Å². The van der Waals surface area contributed by atoms with Gasteiger partial charge < -0.3 is 9.03 Å². The first-order valence-electron chi connectivity index (χ1n) is 5.71. The Morgan fingerprint density at radius 1 is 0.950 bits per heavy atom. The van der Waals surface area contributed by atoms with Gasteiger partial charge in [0.2, 0.25) is 0 Å².